The standard InChI is InChI=1S/C37H30N7/c1-42-19-14-24(15-20-42)35-29-8-6-27(38-29)28-7-9-30(39-28)36(25-16-21-43(2)22-17-25)32-11-13-34(41-32)37(33-12-10-31(35)40-33)26-5-4-18-44(3)23-26/h4-23H,1-3H3,(H,40,41)/q+1/p+1. The van der Waals surface area contributed by atoms with Crippen LogP contribution in [0.15, 0.2) is 143 Å². The molecule has 0 radical (unpaired) electrons. The van der Waals surface area contributed by atoms with Gasteiger partial charge in [0.25, 0.3) is 0 Å². The second-order valence-corrected chi connectivity index (χ2v) is 11.4. The Bertz CT molecular complexity index is 2220. The van der Waals surface area contributed by atoms with E-state index in [0.717, 1.165) is 78.3 Å². The molecule has 0 aliphatic carbocycles. The number of hydrogen-bond acceptors (Lipinski definition) is 3. The SMILES string of the molecule is CN1C=CC(=C2C3=NC(=c4ccc([nH]4)=C(c4cc[n+](C)cc4)C4=NC(=C(c5ccc[n+](C)c5)c5ccc2[nH]5)C=C4)C=C3)C=C1. The summed E-state index contributed by atoms with van der Waals surface area (Å²) in [7, 11) is 6.11. The summed E-state index contributed by atoms with van der Waals surface area (Å²) in [6.07, 6.45) is 25.2. The molecule has 0 atom stereocenters. The van der Waals surface area contributed by atoms with Gasteiger partial charge in [-0.05, 0) is 77.9 Å². The van der Waals surface area contributed by atoms with Gasteiger partial charge in [0.05, 0.1) is 28.2 Å². The first-order valence-electron chi connectivity index (χ1n) is 14.7. The minimum Gasteiger partial charge on any atom is -0.357 e. The van der Waals surface area contributed by atoms with Crippen LogP contribution in [0.5, 0.6) is 0 Å². The zero-order chi connectivity index (χ0) is 29.8. The molecule has 0 aromatic carbocycles. The van der Waals surface area contributed by atoms with Crippen LogP contribution in [0.3, 0.4) is 0 Å². The lowest BCUT2D eigenvalue weighted by Gasteiger charge is -2.15. The molecule has 4 aliphatic heterocycles. The van der Waals surface area contributed by atoms with Gasteiger partial charge in [0, 0.05) is 76.7 Å². The van der Waals surface area contributed by atoms with Crippen molar-refractivity contribution in [1.82, 2.24) is 14.9 Å². The molecule has 0 unspecified atom stereocenters. The highest BCUT2D eigenvalue weighted by atomic mass is 15.0. The van der Waals surface area contributed by atoms with E-state index in [1.165, 1.54) is 0 Å². The number of hydrogen-bond donors (Lipinski definition) is 2. The number of aromatic amines is 2. The fraction of sp³-hybridized carbons (Fsp3) is 0.0811. The normalized spacial score (nSPS) is 17.0. The summed E-state index contributed by atoms with van der Waals surface area (Å²) in [6.45, 7) is 0. The summed E-state index contributed by atoms with van der Waals surface area (Å²) in [5.74, 6) is 0. The number of pyridine rings is 2. The van der Waals surface area contributed by atoms with Crippen LogP contribution in [0.4, 0.5) is 0 Å². The number of aromatic nitrogens is 4. The predicted molar refractivity (Wildman–Crippen MR) is 174 cm³/mol. The molecule has 8 heterocycles. The second kappa shape index (κ2) is 10.2. The molecule has 212 valence electrons. The third-order valence-corrected chi connectivity index (χ3v) is 8.27. The number of nitrogens with one attached hydrogen (secondary N) is 2. The number of H-pyrrole nitrogens is 2. The molecule has 7 heteroatoms. The van der Waals surface area contributed by atoms with Crippen molar-refractivity contribution in [3.8, 4) is 0 Å². The van der Waals surface area contributed by atoms with Crippen LogP contribution in [0.1, 0.15) is 22.5 Å². The first kappa shape index (κ1) is 25.9. The van der Waals surface area contributed by atoms with Crippen molar-refractivity contribution in [3.63, 3.8) is 0 Å². The number of aliphatic imine (C=N–C) groups is 2. The van der Waals surface area contributed by atoms with E-state index in [4.69, 9.17) is 9.98 Å². The van der Waals surface area contributed by atoms with Gasteiger partial charge in [-0.25, -0.2) is 19.1 Å². The van der Waals surface area contributed by atoms with Crippen molar-refractivity contribution in [1.29, 1.82) is 0 Å². The number of allylic oxidation sites excluding steroid dienone is 7. The molecule has 4 aromatic rings. The van der Waals surface area contributed by atoms with Gasteiger partial charge in [0.1, 0.15) is 14.1 Å². The topological polar surface area (TPSA) is 67.3 Å². The van der Waals surface area contributed by atoms with Gasteiger partial charge in [-0.2, -0.15) is 0 Å². The average Bonchev–Trinajstić information content (AvgIpc) is 3.85. The Hall–Kier alpha value is -5.82. The van der Waals surface area contributed by atoms with Crippen molar-refractivity contribution in [2.24, 2.45) is 24.1 Å². The smallest absolute Gasteiger partial charge is 0.176 e. The molecular formula is C37H31N7+2. The van der Waals surface area contributed by atoms with Gasteiger partial charge in [-0.1, -0.05) is 0 Å². The molecule has 0 amide bonds. The first-order chi connectivity index (χ1) is 21.5. The quantitative estimate of drug-likeness (QED) is 0.354. The van der Waals surface area contributed by atoms with Gasteiger partial charge in [0.2, 0.25) is 0 Å². The lowest BCUT2D eigenvalue weighted by molar-refractivity contribution is -0.671. The van der Waals surface area contributed by atoms with Crippen LogP contribution < -0.4 is 19.8 Å². The highest BCUT2D eigenvalue weighted by Gasteiger charge is 2.24. The van der Waals surface area contributed by atoms with E-state index in [1.807, 2.05) is 36.8 Å². The number of aryl methyl sites for hydroxylation is 2. The number of fused-ring (bicyclic) bond motifs is 6. The van der Waals surface area contributed by atoms with E-state index in [2.05, 4.69) is 131 Å². The summed E-state index contributed by atoms with van der Waals surface area (Å²) in [4.78, 5) is 20.0. The minimum absolute atomic E-state index is 0.894. The van der Waals surface area contributed by atoms with Crippen LogP contribution in [-0.4, -0.2) is 33.3 Å². The van der Waals surface area contributed by atoms with Crippen LogP contribution in [0.2, 0.25) is 0 Å². The molecule has 0 fully saturated rings. The Kier molecular flexibility index (Phi) is 5.98. The summed E-state index contributed by atoms with van der Waals surface area (Å²) in [6, 6.07) is 17.0. The van der Waals surface area contributed by atoms with E-state index < -0.39 is 0 Å². The molecule has 4 aliphatic rings. The Morgan fingerprint density at radius 2 is 1.27 bits per heavy atom. The molecule has 44 heavy (non-hydrogen) atoms. The summed E-state index contributed by atoms with van der Waals surface area (Å²) in [5, 5.41) is 1.95. The zero-order valence-electron chi connectivity index (χ0n) is 24.8. The van der Waals surface area contributed by atoms with E-state index in [0.29, 0.717) is 0 Å². The zero-order valence-corrected chi connectivity index (χ0v) is 24.8. The molecule has 7 nitrogen and oxygen atoms in total. The maximum Gasteiger partial charge on any atom is 0.176 e. The summed E-state index contributed by atoms with van der Waals surface area (Å²) in [5.41, 5.74) is 12.0. The number of rotatable bonds is 2. The van der Waals surface area contributed by atoms with Gasteiger partial charge < -0.3 is 14.9 Å². The van der Waals surface area contributed by atoms with Gasteiger partial charge in [-0.3, -0.25) is 0 Å². The van der Waals surface area contributed by atoms with Crippen LogP contribution in [0, 0.1) is 0 Å². The van der Waals surface area contributed by atoms with Crippen molar-refractivity contribution in [3.05, 3.63) is 167 Å². The Morgan fingerprint density at radius 3 is 2.05 bits per heavy atom. The van der Waals surface area contributed by atoms with Crippen molar-refractivity contribution >= 4 is 33.8 Å². The third kappa shape index (κ3) is 4.46. The third-order valence-electron chi connectivity index (χ3n) is 8.27. The Morgan fingerprint density at radius 1 is 0.591 bits per heavy atom. The molecule has 2 N–H and O–H groups in total. The maximum absolute atomic E-state index is 5.30. The Labute approximate surface area is 255 Å². The number of nitrogens with zero attached hydrogens (tertiary/aromatic N) is 5. The fourth-order valence-electron chi connectivity index (χ4n) is 6.06. The Balaban J connectivity index is 1.47. The lowest BCUT2D eigenvalue weighted by atomic mass is 9.99. The molecular weight excluding hydrogens is 542 g/mol. The van der Waals surface area contributed by atoms with Crippen LogP contribution in [-0.2, 0) is 14.1 Å². The fourth-order valence-corrected chi connectivity index (χ4v) is 6.06. The summed E-state index contributed by atoms with van der Waals surface area (Å²) < 4.78 is 4.12. The van der Waals surface area contributed by atoms with Crippen LogP contribution in [0.25, 0.3) is 22.4 Å². The monoisotopic (exact) mass is 573 g/mol. The van der Waals surface area contributed by atoms with Crippen LogP contribution >= 0.6 is 0 Å². The highest BCUT2D eigenvalue weighted by molar-refractivity contribution is 6.33. The predicted octanol–water partition coefficient (Wildman–Crippen LogP) is 3.52. The van der Waals surface area contributed by atoms with Crippen molar-refractivity contribution in [2.45, 2.75) is 0 Å². The van der Waals surface area contributed by atoms with Gasteiger partial charge in [-0.15, -0.1) is 0 Å². The van der Waals surface area contributed by atoms with E-state index >= 15 is 0 Å². The minimum atomic E-state index is 0.894. The largest absolute Gasteiger partial charge is 0.357 e. The summed E-state index contributed by atoms with van der Waals surface area (Å²) >= 11 is 0. The molecule has 0 saturated heterocycles. The maximum atomic E-state index is 5.30. The molecule has 8 rings (SSSR count). The van der Waals surface area contributed by atoms with E-state index in [1.54, 1.807) is 0 Å². The molecule has 0 spiro atoms. The first-order valence-corrected chi connectivity index (χ1v) is 14.7. The van der Waals surface area contributed by atoms with Gasteiger partial charge >= 0.3 is 0 Å². The van der Waals surface area contributed by atoms with Gasteiger partial charge in [0.15, 0.2) is 24.8 Å². The average molecular weight is 574 g/mol. The lowest BCUT2D eigenvalue weighted by Crippen LogP contribution is -2.27. The molecule has 0 saturated carbocycles. The second-order valence-electron chi connectivity index (χ2n) is 11.4. The van der Waals surface area contributed by atoms with Crippen molar-refractivity contribution in [2.75, 3.05) is 7.05 Å². The van der Waals surface area contributed by atoms with E-state index in [-0.39, 0.29) is 0 Å². The molecule has 8 bridgehead atoms. The van der Waals surface area contributed by atoms with E-state index in [9.17, 15) is 0 Å². The highest BCUT2D eigenvalue weighted by Crippen LogP contribution is 2.34. The molecule has 4 aromatic heterocycles. The van der Waals surface area contributed by atoms with Crippen molar-refractivity contribution < 1.29 is 9.13 Å².